The van der Waals surface area contributed by atoms with Crippen molar-refractivity contribution >= 4 is 16.9 Å². The minimum absolute atomic E-state index is 0.0327. The molecule has 0 N–H and O–H groups in total. The normalized spacial score (nSPS) is 15.0. The van der Waals surface area contributed by atoms with Crippen molar-refractivity contribution in [2.75, 3.05) is 20.8 Å². The Hall–Kier alpha value is -4.13. The zero-order valence-electron chi connectivity index (χ0n) is 18.7. The number of benzene rings is 3. The van der Waals surface area contributed by atoms with Crippen LogP contribution in [0.25, 0.3) is 11.0 Å². The number of para-hydroxylation sites is 1. The van der Waals surface area contributed by atoms with Crippen molar-refractivity contribution in [1.82, 2.24) is 4.90 Å². The van der Waals surface area contributed by atoms with Gasteiger partial charge in [-0.05, 0) is 53.9 Å². The van der Waals surface area contributed by atoms with Gasteiger partial charge in [0.1, 0.15) is 11.4 Å². The number of halogens is 1. The van der Waals surface area contributed by atoms with Gasteiger partial charge in [0, 0.05) is 6.54 Å². The topological polar surface area (TPSA) is 69.0 Å². The van der Waals surface area contributed by atoms with Crippen molar-refractivity contribution in [3.8, 4) is 11.5 Å². The van der Waals surface area contributed by atoms with Crippen LogP contribution in [0, 0.1) is 5.82 Å². The predicted octanol–water partition coefficient (Wildman–Crippen LogP) is 4.74. The van der Waals surface area contributed by atoms with Gasteiger partial charge in [-0.15, -0.1) is 0 Å². The van der Waals surface area contributed by atoms with Gasteiger partial charge in [0.2, 0.25) is 5.76 Å². The maximum absolute atomic E-state index is 13.7. The number of rotatable bonds is 6. The van der Waals surface area contributed by atoms with Gasteiger partial charge in [0.15, 0.2) is 16.9 Å². The summed E-state index contributed by atoms with van der Waals surface area (Å²) in [5.74, 6) is 0.476. The van der Waals surface area contributed by atoms with Gasteiger partial charge in [-0.25, -0.2) is 4.39 Å². The van der Waals surface area contributed by atoms with E-state index in [9.17, 15) is 14.0 Å². The number of hydrogen-bond donors (Lipinski definition) is 0. The highest BCUT2D eigenvalue weighted by Gasteiger charge is 2.42. The molecule has 2 heterocycles. The second-order valence-corrected chi connectivity index (χ2v) is 8.06. The number of carbonyl (C=O) groups excluding carboxylic acids is 1. The predicted molar refractivity (Wildman–Crippen MR) is 125 cm³/mol. The molecule has 34 heavy (non-hydrogen) atoms. The molecule has 6 nitrogen and oxygen atoms in total. The Morgan fingerprint density at radius 2 is 1.68 bits per heavy atom. The molecule has 5 rings (SSSR count). The molecular formula is C27H22FNO5. The van der Waals surface area contributed by atoms with E-state index in [0.29, 0.717) is 41.0 Å². The minimum atomic E-state index is -0.677. The van der Waals surface area contributed by atoms with E-state index in [0.717, 1.165) is 5.56 Å². The fourth-order valence-electron chi connectivity index (χ4n) is 4.48. The maximum Gasteiger partial charge on any atom is 0.290 e. The third kappa shape index (κ3) is 3.59. The number of amides is 1. The summed E-state index contributed by atoms with van der Waals surface area (Å²) in [5, 5.41) is 0.405. The molecular weight excluding hydrogens is 437 g/mol. The number of nitrogens with zero attached hydrogens (tertiary/aromatic N) is 1. The summed E-state index contributed by atoms with van der Waals surface area (Å²) in [6, 6.07) is 17.6. The van der Waals surface area contributed by atoms with Crippen LogP contribution in [-0.2, 0) is 6.42 Å². The van der Waals surface area contributed by atoms with Crippen molar-refractivity contribution in [2.24, 2.45) is 0 Å². The van der Waals surface area contributed by atoms with Crippen LogP contribution in [0.4, 0.5) is 4.39 Å². The summed E-state index contributed by atoms with van der Waals surface area (Å²) in [6.07, 6.45) is 0.505. The average Bonchev–Trinajstić information content (AvgIpc) is 3.14. The first kappa shape index (κ1) is 21.7. The van der Waals surface area contributed by atoms with Crippen molar-refractivity contribution in [2.45, 2.75) is 12.5 Å². The third-order valence-corrected chi connectivity index (χ3v) is 6.15. The standard InChI is InChI=1S/C27H22FNO5/c1-32-21-12-7-16(15-22(21)33-2)13-14-29-24(17-8-10-18(28)11-9-17)23-25(30)19-5-3-4-6-20(19)34-26(23)27(29)31/h3-12,15,24H,13-14H2,1-2H3/t24-/m0/s1. The molecule has 0 aliphatic carbocycles. The Bertz CT molecular complexity index is 1440. The fourth-order valence-corrected chi connectivity index (χ4v) is 4.48. The van der Waals surface area contributed by atoms with Crippen LogP contribution in [0.15, 0.2) is 75.9 Å². The van der Waals surface area contributed by atoms with Gasteiger partial charge in [-0.2, -0.15) is 0 Å². The highest BCUT2D eigenvalue weighted by atomic mass is 19.1. The first-order valence-electron chi connectivity index (χ1n) is 10.8. The quantitative estimate of drug-likeness (QED) is 0.417. The SMILES string of the molecule is COc1ccc(CCN2C(=O)c3oc4ccccc4c(=O)c3[C@@H]2c2ccc(F)cc2)cc1OC. The molecule has 1 aromatic heterocycles. The lowest BCUT2D eigenvalue weighted by molar-refractivity contribution is 0.0730. The molecule has 7 heteroatoms. The number of ether oxygens (including phenoxy) is 2. The van der Waals surface area contributed by atoms with E-state index in [4.69, 9.17) is 13.9 Å². The Kier molecular flexibility index (Phi) is 5.53. The largest absolute Gasteiger partial charge is 0.493 e. The molecule has 0 spiro atoms. The van der Waals surface area contributed by atoms with Gasteiger partial charge >= 0.3 is 0 Å². The molecule has 172 valence electrons. The molecule has 4 aromatic rings. The Labute approximate surface area is 195 Å². The van der Waals surface area contributed by atoms with Crippen LogP contribution in [0.5, 0.6) is 11.5 Å². The summed E-state index contributed by atoms with van der Waals surface area (Å²) >= 11 is 0. The van der Waals surface area contributed by atoms with E-state index in [-0.39, 0.29) is 22.7 Å². The van der Waals surface area contributed by atoms with Crippen molar-refractivity contribution < 1.29 is 23.1 Å². The molecule has 0 saturated heterocycles. The van der Waals surface area contributed by atoms with Crippen molar-refractivity contribution in [3.63, 3.8) is 0 Å². The second kappa shape index (κ2) is 8.67. The first-order chi connectivity index (χ1) is 16.5. The van der Waals surface area contributed by atoms with Gasteiger partial charge < -0.3 is 18.8 Å². The van der Waals surface area contributed by atoms with Gasteiger partial charge in [0.25, 0.3) is 5.91 Å². The first-order valence-corrected chi connectivity index (χ1v) is 10.8. The third-order valence-electron chi connectivity index (χ3n) is 6.15. The smallest absolute Gasteiger partial charge is 0.290 e. The second-order valence-electron chi connectivity index (χ2n) is 8.06. The highest BCUT2D eigenvalue weighted by Crippen LogP contribution is 2.38. The molecule has 1 aliphatic heterocycles. The van der Waals surface area contributed by atoms with Crippen LogP contribution >= 0.6 is 0 Å². The summed E-state index contributed by atoms with van der Waals surface area (Å²) in [5.41, 5.74) is 1.96. The van der Waals surface area contributed by atoms with Crippen LogP contribution in [-0.4, -0.2) is 31.6 Å². The molecule has 0 bridgehead atoms. The van der Waals surface area contributed by atoms with E-state index < -0.39 is 11.9 Å². The minimum Gasteiger partial charge on any atom is -0.493 e. The van der Waals surface area contributed by atoms with Gasteiger partial charge in [0.05, 0.1) is 31.2 Å². The van der Waals surface area contributed by atoms with Crippen LogP contribution in [0.3, 0.4) is 0 Å². The number of fused-ring (bicyclic) bond motifs is 2. The Balaban J connectivity index is 1.57. The summed E-state index contributed by atoms with van der Waals surface area (Å²) < 4.78 is 30.3. The molecule has 0 fully saturated rings. The molecule has 1 amide bonds. The summed E-state index contributed by atoms with van der Waals surface area (Å²) in [4.78, 5) is 28.5. The molecule has 0 radical (unpaired) electrons. The summed E-state index contributed by atoms with van der Waals surface area (Å²) in [7, 11) is 3.13. The van der Waals surface area contributed by atoms with Gasteiger partial charge in [-0.1, -0.05) is 30.3 Å². The summed E-state index contributed by atoms with van der Waals surface area (Å²) in [6.45, 7) is 0.316. The van der Waals surface area contributed by atoms with E-state index in [2.05, 4.69) is 0 Å². The van der Waals surface area contributed by atoms with E-state index >= 15 is 0 Å². The Morgan fingerprint density at radius 3 is 2.41 bits per heavy atom. The lowest BCUT2D eigenvalue weighted by Crippen LogP contribution is -2.31. The number of hydrogen-bond acceptors (Lipinski definition) is 5. The van der Waals surface area contributed by atoms with Crippen molar-refractivity contribution in [3.05, 3.63) is 105 Å². The Morgan fingerprint density at radius 1 is 0.941 bits per heavy atom. The van der Waals surface area contributed by atoms with E-state index in [1.54, 1.807) is 55.5 Å². The average molecular weight is 459 g/mol. The zero-order chi connectivity index (χ0) is 23.8. The molecule has 3 aromatic carbocycles. The highest BCUT2D eigenvalue weighted by molar-refractivity contribution is 5.99. The lowest BCUT2D eigenvalue weighted by atomic mass is 9.98. The monoisotopic (exact) mass is 459 g/mol. The van der Waals surface area contributed by atoms with Gasteiger partial charge in [-0.3, -0.25) is 9.59 Å². The maximum atomic E-state index is 13.7. The molecule has 1 aliphatic rings. The zero-order valence-corrected chi connectivity index (χ0v) is 18.7. The number of methoxy groups -OCH3 is 2. The van der Waals surface area contributed by atoms with E-state index in [1.807, 2.05) is 18.2 Å². The van der Waals surface area contributed by atoms with Crippen LogP contribution < -0.4 is 14.9 Å². The molecule has 1 atom stereocenters. The molecule has 0 saturated carbocycles. The van der Waals surface area contributed by atoms with Crippen LogP contribution in [0.1, 0.15) is 33.3 Å². The van der Waals surface area contributed by atoms with Crippen LogP contribution in [0.2, 0.25) is 0 Å². The fraction of sp³-hybridized carbons (Fsp3) is 0.185. The van der Waals surface area contributed by atoms with E-state index in [1.165, 1.54) is 12.1 Å². The number of carbonyl (C=O) groups is 1. The van der Waals surface area contributed by atoms with Crippen molar-refractivity contribution in [1.29, 1.82) is 0 Å². The molecule has 0 unspecified atom stereocenters. The lowest BCUT2D eigenvalue weighted by Gasteiger charge is -2.25.